The van der Waals surface area contributed by atoms with Crippen molar-refractivity contribution < 1.29 is 13.2 Å². The van der Waals surface area contributed by atoms with E-state index in [9.17, 15) is 18.0 Å². The van der Waals surface area contributed by atoms with Crippen LogP contribution in [-0.2, 0) is 12.0 Å². The number of fused-ring (bicyclic) bond motifs is 1. The summed E-state index contributed by atoms with van der Waals surface area (Å²) >= 11 is 0. The topological polar surface area (TPSA) is 39.8 Å². The van der Waals surface area contributed by atoms with Gasteiger partial charge < -0.3 is 0 Å². The number of hydrogen-bond donors (Lipinski definition) is 0. The Morgan fingerprint density at radius 2 is 1.83 bits per heavy atom. The van der Waals surface area contributed by atoms with Gasteiger partial charge in [0.25, 0.3) is 0 Å². The molecule has 126 valence electrons. The highest BCUT2D eigenvalue weighted by molar-refractivity contribution is 5.31. The van der Waals surface area contributed by atoms with Crippen LogP contribution in [0.2, 0.25) is 0 Å². The average molecular weight is 335 g/mol. The zero-order chi connectivity index (χ0) is 16.9. The molecular weight excluding hydrogens is 319 g/mol. The van der Waals surface area contributed by atoms with Crippen LogP contribution in [0.25, 0.3) is 0 Å². The molecule has 2 heterocycles. The smallest absolute Gasteiger partial charge is 0.271 e. The predicted molar refractivity (Wildman–Crippen MR) is 79.7 cm³/mol. The van der Waals surface area contributed by atoms with Crippen molar-refractivity contribution >= 4 is 0 Å². The lowest BCUT2D eigenvalue weighted by Gasteiger charge is -2.64. The van der Waals surface area contributed by atoms with Gasteiger partial charge in [-0.25, -0.2) is 22.6 Å². The molecule has 0 saturated heterocycles. The molecule has 1 aromatic heterocycles. The number of benzene rings is 1. The lowest BCUT2D eigenvalue weighted by molar-refractivity contribution is -0.205. The van der Waals surface area contributed by atoms with Crippen LogP contribution in [0.1, 0.15) is 48.7 Å². The summed E-state index contributed by atoms with van der Waals surface area (Å²) in [7, 11) is 0. The Morgan fingerprint density at radius 1 is 1.21 bits per heavy atom. The van der Waals surface area contributed by atoms with Gasteiger partial charge in [-0.1, -0.05) is 0 Å². The normalized spacial score (nSPS) is 33.1. The van der Waals surface area contributed by atoms with Crippen LogP contribution in [0, 0.1) is 18.6 Å². The Morgan fingerprint density at radius 3 is 2.42 bits per heavy atom. The fourth-order valence-corrected chi connectivity index (χ4v) is 4.75. The fraction of sp³-hybridized carbons (Fsp3) is 0.529. The number of aromatic nitrogens is 3. The number of halogens is 3. The average Bonchev–Trinajstić information content (AvgIpc) is 2.95. The van der Waals surface area contributed by atoms with Crippen LogP contribution in [0.5, 0.6) is 0 Å². The summed E-state index contributed by atoms with van der Waals surface area (Å²) in [6.45, 7) is 1.62. The quantitative estimate of drug-likeness (QED) is 0.847. The number of nitrogens with zero attached hydrogens (tertiary/aromatic N) is 3. The van der Waals surface area contributed by atoms with E-state index >= 15 is 0 Å². The van der Waals surface area contributed by atoms with E-state index in [0.29, 0.717) is 43.5 Å². The summed E-state index contributed by atoms with van der Waals surface area (Å²) in [6, 6.07) is 1.87. The molecule has 3 aliphatic carbocycles. The largest absolute Gasteiger partial charge is 0.347 e. The molecule has 4 aliphatic rings. The zero-order valence-electron chi connectivity index (χ0n) is 13.2. The minimum Gasteiger partial charge on any atom is -0.271 e. The first kappa shape index (κ1) is 14.3. The van der Waals surface area contributed by atoms with E-state index in [1.54, 1.807) is 6.92 Å². The van der Waals surface area contributed by atoms with Crippen LogP contribution in [0.15, 0.2) is 16.9 Å². The second kappa shape index (κ2) is 4.13. The summed E-state index contributed by atoms with van der Waals surface area (Å²) in [5.74, 6) is -0.751. The molecule has 0 radical (unpaired) electrons. The Bertz CT molecular complexity index is 902. The number of hydrogen-bond acceptors (Lipinski definition) is 2. The van der Waals surface area contributed by atoms with Gasteiger partial charge in [0.1, 0.15) is 23.1 Å². The van der Waals surface area contributed by atoms with E-state index in [-0.39, 0.29) is 11.3 Å². The van der Waals surface area contributed by atoms with Gasteiger partial charge in [-0.15, -0.1) is 0 Å². The summed E-state index contributed by atoms with van der Waals surface area (Å²) < 4.78 is 45.2. The Balaban J connectivity index is 1.61. The zero-order valence-corrected chi connectivity index (χ0v) is 13.2. The van der Waals surface area contributed by atoms with Gasteiger partial charge in [0.2, 0.25) is 0 Å². The molecule has 4 nitrogen and oxygen atoms in total. The number of aryl methyl sites for hydroxylation is 2. The molecule has 1 atom stereocenters. The van der Waals surface area contributed by atoms with Crippen LogP contribution in [0.4, 0.5) is 13.2 Å². The van der Waals surface area contributed by atoms with E-state index in [0.717, 1.165) is 0 Å². The van der Waals surface area contributed by atoms with Crippen LogP contribution < -0.4 is 5.69 Å². The third-order valence-electron chi connectivity index (χ3n) is 5.78. The van der Waals surface area contributed by atoms with E-state index in [1.807, 2.05) is 0 Å². The van der Waals surface area contributed by atoms with Gasteiger partial charge in [-0.3, -0.25) is 4.57 Å². The maximum atomic E-state index is 14.3. The van der Waals surface area contributed by atoms with Crippen molar-refractivity contribution in [1.29, 1.82) is 0 Å². The second-order valence-corrected chi connectivity index (χ2v) is 7.58. The van der Waals surface area contributed by atoms with Gasteiger partial charge in [-0.2, -0.15) is 5.10 Å². The van der Waals surface area contributed by atoms with E-state index in [2.05, 4.69) is 5.10 Å². The molecular formula is C17H16F3N3O. The maximum Gasteiger partial charge on any atom is 0.347 e. The molecule has 0 amide bonds. The highest BCUT2D eigenvalue weighted by atomic mass is 19.1. The molecule has 2 bridgehead atoms. The van der Waals surface area contributed by atoms with Crippen molar-refractivity contribution in [3.63, 3.8) is 0 Å². The molecule has 7 heteroatoms. The highest BCUT2D eigenvalue weighted by Crippen LogP contribution is 2.66. The maximum absolute atomic E-state index is 14.3. The molecule has 24 heavy (non-hydrogen) atoms. The van der Waals surface area contributed by atoms with Gasteiger partial charge >= 0.3 is 5.69 Å². The molecule has 3 saturated carbocycles. The van der Waals surface area contributed by atoms with Crippen molar-refractivity contribution in [2.75, 3.05) is 0 Å². The first-order valence-corrected chi connectivity index (χ1v) is 8.17. The summed E-state index contributed by atoms with van der Waals surface area (Å²) in [4.78, 5) is 12.8. The standard InChI is InChI=1S/C17H16F3N3O/c1-9-4-10(18)14(11(19)5-9)12-2-3-13-21-23(15(24)22(12)13)17-6-16(20,7-17)8-17/h4-5,12H,2-3,6-8H2,1H3/t12-,16?,17?/m0/s1. The first-order chi connectivity index (χ1) is 11.3. The molecule has 0 spiro atoms. The van der Waals surface area contributed by atoms with Gasteiger partial charge in [-0.05, 0) is 31.0 Å². The fourth-order valence-electron chi connectivity index (χ4n) is 4.75. The summed E-state index contributed by atoms with van der Waals surface area (Å²) in [6.07, 6.45) is 1.86. The Hall–Kier alpha value is -2.05. The van der Waals surface area contributed by atoms with Crippen LogP contribution in [-0.4, -0.2) is 20.0 Å². The summed E-state index contributed by atoms with van der Waals surface area (Å²) in [5.41, 5.74) is -1.62. The molecule has 6 rings (SSSR count). The Kier molecular flexibility index (Phi) is 2.46. The van der Waals surface area contributed by atoms with Crippen molar-refractivity contribution in [2.24, 2.45) is 0 Å². The molecule has 1 aliphatic heterocycles. The first-order valence-electron chi connectivity index (χ1n) is 8.17. The Labute approximate surface area is 135 Å². The molecule has 0 N–H and O–H groups in total. The van der Waals surface area contributed by atoms with E-state index < -0.39 is 28.9 Å². The van der Waals surface area contributed by atoms with Gasteiger partial charge in [0.05, 0.1) is 11.6 Å². The molecule has 2 aromatic rings. The number of rotatable bonds is 2. The lowest BCUT2D eigenvalue weighted by atomic mass is 9.47. The minimum absolute atomic E-state index is 0.0828. The third-order valence-corrected chi connectivity index (χ3v) is 5.78. The van der Waals surface area contributed by atoms with Crippen molar-refractivity contribution in [3.8, 4) is 0 Å². The molecule has 0 unspecified atom stereocenters. The van der Waals surface area contributed by atoms with Crippen LogP contribution >= 0.6 is 0 Å². The van der Waals surface area contributed by atoms with E-state index in [1.165, 1.54) is 21.4 Å². The monoisotopic (exact) mass is 335 g/mol. The third kappa shape index (κ3) is 1.60. The van der Waals surface area contributed by atoms with Crippen molar-refractivity contribution in [2.45, 2.75) is 56.3 Å². The number of alkyl halides is 1. The predicted octanol–water partition coefficient (Wildman–Crippen LogP) is 2.77. The highest BCUT2D eigenvalue weighted by Gasteiger charge is 2.72. The van der Waals surface area contributed by atoms with Crippen molar-refractivity contribution in [3.05, 3.63) is 51.2 Å². The SMILES string of the molecule is Cc1cc(F)c([C@@H]2CCc3nn(C45CC(F)(C4)C5)c(=O)n32)c(F)c1. The van der Waals surface area contributed by atoms with Gasteiger partial charge in [0.15, 0.2) is 0 Å². The second-order valence-electron chi connectivity index (χ2n) is 7.58. The lowest BCUT2D eigenvalue weighted by Crippen LogP contribution is -2.72. The molecule has 1 aromatic carbocycles. The van der Waals surface area contributed by atoms with Crippen LogP contribution in [0.3, 0.4) is 0 Å². The minimum atomic E-state index is -1.14. The summed E-state index contributed by atoms with van der Waals surface area (Å²) in [5, 5.41) is 4.36. The van der Waals surface area contributed by atoms with Gasteiger partial charge in [0, 0.05) is 31.2 Å². The van der Waals surface area contributed by atoms with Crippen molar-refractivity contribution in [1.82, 2.24) is 14.3 Å². The molecule has 3 fully saturated rings. The van der Waals surface area contributed by atoms with E-state index in [4.69, 9.17) is 0 Å².